The highest BCUT2D eigenvalue weighted by Gasteiger charge is 2.46. The normalized spacial score (nSPS) is 18.0. The third-order valence-corrected chi connectivity index (χ3v) is 6.98. The summed E-state index contributed by atoms with van der Waals surface area (Å²) in [6.07, 6.45) is -1.68. The van der Waals surface area contributed by atoms with Crippen molar-refractivity contribution in [2.75, 3.05) is 0 Å². The quantitative estimate of drug-likeness (QED) is 0.229. The Labute approximate surface area is 240 Å². The molecular formula is C32H26O10. The fourth-order valence-electron chi connectivity index (χ4n) is 5.16. The predicted octanol–water partition coefficient (Wildman–Crippen LogP) is 4.66. The van der Waals surface area contributed by atoms with E-state index in [0.717, 1.165) is 0 Å². The third kappa shape index (κ3) is 4.92. The Balaban J connectivity index is 1.36. The number of aromatic hydroxyl groups is 2. The van der Waals surface area contributed by atoms with E-state index < -0.39 is 29.9 Å². The first kappa shape index (κ1) is 27.0. The minimum Gasteiger partial charge on any atom is -0.508 e. The summed E-state index contributed by atoms with van der Waals surface area (Å²) in [6, 6.07) is 21.1. The second-order valence-electron chi connectivity index (χ2n) is 10.0. The summed E-state index contributed by atoms with van der Waals surface area (Å²) in [5, 5.41) is 31.0. The molecule has 214 valence electrons. The Hall–Kier alpha value is -5.22. The van der Waals surface area contributed by atoms with Crippen LogP contribution in [0.2, 0.25) is 0 Å². The van der Waals surface area contributed by atoms with E-state index in [9.17, 15) is 24.9 Å². The number of phenols is 2. The van der Waals surface area contributed by atoms with Crippen molar-refractivity contribution in [3.05, 3.63) is 101 Å². The van der Waals surface area contributed by atoms with Crippen LogP contribution >= 0.6 is 0 Å². The van der Waals surface area contributed by atoms with Gasteiger partial charge in [-0.2, -0.15) is 0 Å². The first-order chi connectivity index (χ1) is 20.1. The molecule has 0 aromatic heterocycles. The van der Waals surface area contributed by atoms with Crippen LogP contribution in [0.15, 0.2) is 78.9 Å². The first-order valence-electron chi connectivity index (χ1n) is 13.1. The number of hydrogen-bond donors (Lipinski definition) is 3. The first-order valence-corrected chi connectivity index (χ1v) is 13.1. The summed E-state index contributed by atoms with van der Waals surface area (Å²) < 4.78 is 29.4. The SMILES string of the molecule is CC(=O)Oc1ccc(C2(c3ccc(OC(C)=O)cc3)Oc3ccc([C@H]4Oc5cc(O)cc(O)c5C[C@@H]4O)cc3O2)cc1. The Morgan fingerprint density at radius 3 is 1.90 bits per heavy atom. The molecule has 42 heavy (non-hydrogen) atoms. The van der Waals surface area contributed by atoms with Crippen molar-refractivity contribution >= 4 is 11.9 Å². The number of rotatable bonds is 5. The zero-order valence-corrected chi connectivity index (χ0v) is 22.6. The number of aliphatic hydroxyl groups excluding tert-OH is 1. The van der Waals surface area contributed by atoms with Gasteiger partial charge in [-0.05, 0) is 66.2 Å². The van der Waals surface area contributed by atoms with Gasteiger partial charge >= 0.3 is 17.7 Å². The van der Waals surface area contributed by atoms with Crippen LogP contribution in [0.25, 0.3) is 0 Å². The van der Waals surface area contributed by atoms with Crippen LogP contribution in [0.1, 0.15) is 42.2 Å². The van der Waals surface area contributed by atoms with Gasteiger partial charge in [-0.1, -0.05) is 6.07 Å². The van der Waals surface area contributed by atoms with Crippen molar-refractivity contribution in [1.29, 1.82) is 0 Å². The number of ether oxygens (including phenoxy) is 5. The molecule has 0 aliphatic carbocycles. The molecule has 2 heterocycles. The molecule has 2 aliphatic rings. The van der Waals surface area contributed by atoms with Gasteiger partial charge < -0.3 is 39.0 Å². The summed E-state index contributed by atoms with van der Waals surface area (Å²) in [4.78, 5) is 22.8. The number of carbonyl (C=O) groups is 2. The summed E-state index contributed by atoms with van der Waals surface area (Å²) in [5.74, 6) is -0.895. The smallest absolute Gasteiger partial charge is 0.308 e. The van der Waals surface area contributed by atoms with Gasteiger partial charge in [0, 0.05) is 49.1 Å². The number of benzene rings is 4. The van der Waals surface area contributed by atoms with Gasteiger partial charge in [-0.15, -0.1) is 0 Å². The van der Waals surface area contributed by atoms with Crippen LogP contribution in [0.3, 0.4) is 0 Å². The van der Waals surface area contributed by atoms with Crippen LogP contribution in [0.5, 0.6) is 40.2 Å². The molecule has 0 saturated carbocycles. The van der Waals surface area contributed by atoms with Crippen LogP contribution in [-0.2, 0) is 21.8 Å². The van der Waals surface area contributed by atoms with Crippen molar-refractivity contribution in [3.63, 3.8) is 0 Å². The lowest BCUT2D eigenvalue weighted by atomic mass is 9.94. The number of phenolic OH excluding ortho intramolecular Hbond substituents is 2. The molecular weight excluding hydrogens is 544 g/mol. The molecule has 0 saturated heterocycles. The van der Waals surface area contributed by atoms with Gasteiger partial charge in [0.05, 0.1) is 6.10 Å². The van der Waals surface area contributed by atoms with E-state index >= 15 is 0 Å². The lowest BCUT2D eigenvalue weighted by molar-refractivity contribution is -0.132. The molecule has 0 bridgehead atoms. The summed E-state index contributed by atoms with van der Waals surface area (Å²) in [5.41, 5.74) is 2.17. The molecule has 0 unspecified atom stereocenters. The summed E-state index contributed by atoms with van der Waals surface area (Å²) in [7, 11) is 0. The topological polar surface area (TPSA) is 141 Å². The largest absolute Gasteiger partial charge is 0.508 e. The van der Waals surface area contributed by atoms with E-state index in [1.165, 1.54) is 26.0 Å². The van der Waals surface area contributed by atoms with E-state index in [1.54, 1.807) is 66.7 Å². The van der Waals surface area contributed by atoms with Crippen molar-refractivity contribution in [3.8, 4) is 40.2 Å². The maximum Gasteiger partial charge on any atom is 0.308 e. The minimum atomic E-state index is -1.46. The van der Waals surface area contributed by atoms with E-state index in [-0.39, 0.29) is 23.7 Å². The zero-order valence-electron chi connectivity index (χ0n) is 22.6. The average molecular weight is 571 g/mol. The number of hydrogen-bond acceptors (Lipinski definition) is 10. The zero-order chi connectivity index (χ0) is 29.6. The number of aliphatic hydroxyl groups is 1. The molecule has 2 aliphatic heterocycles. The van der Waals surface area contributed by atoms with Crippen molar-refractivity contribution in [2.24, 2.45) is 0 Å². The predicted molar refractivity (Wildman–Crippen MR) is 147 cm³/mol. The van der Waals surface area contributed by atoms with Gasteiger partial charge in [0.2, 0.25) is 0 Å². The van der Waals surface area contributed by atoms with E-state index in [2.05, 4.69) is 0 Å². The molecule has 6 rings (SSSR count). The number of carbonyl (C=O) groups excluding carboxylic acids is 2. The second-order valence-corrected chi connectivity index (χ2v) is 10.0. The Morgan fingerprint density at radius 2 is 1.33 bits per heavy atom. The standard InChI is InChI=1S/C32H26O10/c1-17(33)38-23-8-4-20(5-9-23)32(21-6-10-24(11-7-21)39-18(2)34)41-28-12-3-19(13-30(28)42-32)31-27(37)16-25-26(36)14-22(35)15-29(25)40-31/h3-15,27,31,35-37H,16H2,1-2H3/t27-,31+/m0/s1. The average Bonchev–Trinajstić information content (AvgIpc) is 3.33. The fraction of sp³-hybridized carbons (Fsp3) is 0.188. The molecule has 3 N–H and O–H groups in total. The van der Waals surface area contributed by atoms with Gasteiger partial charge in [0.25, 0.3) is 0 Å². The molecule has 0 spiro atoms. The van der Waals surface area contributed by atoms with Crippen molar-refractivity contribution in [2.45, 2.75) is 38.3 Å². The maximum atomic E-state index is 11.4. The molecule has 0 radical (unpaired) electrons. The highest BCUT2D eigenvalue weighted by molar-refractivity contribution is 5.70. The molecule has 0 amide bonds. The highest BCUT2D eigenvalue weighted by Crippen LogP contribution is 2.50. The van der Waals surface area contributed by atoms with Gasteiger partial charge in [-0.3, -0.25) is 9.59 Å². The summed E-state index contributed by atoms with van der Waals surface area (Å²) >= 11 is 0. The van der Waals surface area contributed by atoms with Gasteiger partial charge in [0.1, 0.15) is 34.9 Å². The Kier molecular flexibility index (Phi) is 6.62. The lowest BCUT2D eigenvalue weighted by Crippen LogP contribution is -2.36. The van der Waals surface area contributed by atoms with E-state index in [0.29, 0.717) is 45.3 Å². The molecule has 10 nitrogen and oxygen atoms in total. The third-order valence-electron chi connectivity index (χ3n) is 6.98. The number of fused-ring (bicyclic) bond motifs is 2. The highest BCUT2D eigenvalue weighted by atomic mass is 16.7. The van der Waals surface area contributed by atoms with Crippen LogP contribution in [0.4, 0.5) is 0 Å². The monoisotopic (exact) mass is 570 g/mol. The van der Waals surface area contributed by atoms with Crippen LogP contribution in [-0.4, -0.2) is 33.4 Å². The van der Waals surface area contributed by atoms with E-state index in [1.807, 2.05) is 0 Å². The molecule has 4 aromatic rings. The lowest BCUT2D eigenvalue weighted by Gasteiger charge is -2.31. The summed E-state index contributed by atoms with van der Waals surface area (Å²) in [6.45, 7) is 2.63. The van der Waals surface area contributed by atoms with Crippen molar-refractivity contribution in [1.82, 2.24) is 0 Å². The second kappa shape index (κ2) is 10.3. The number of esters is 2. The van der Waals surface area contributed by atoms with Crippen LogP contribution in [0, 0.1) is 0 Å². The van der Waals surface area contributed by atoms with Gasteiger partial charge in [0.15, 0.2) is 11.5 Å². The minimum absolute atomic E-state index is 0.119. The molecule has 10 heteroatoms. The molecule has 4 aromatic carbocycles. The Bertz CT molecular complexity index is 1620. The molecule has 0 fully saturated rings. The van der Waals surface area contributed by atoms with Crippen molar-refractivity contribution < 1.29 is 48.6 Å². The Morgan fingerprint density at radius 1 is 0.762 bits per heavy atom. The van der Waals surface area contributed by atoms with Crippen LogP contribution < -0.4 is 23.7 Å². The van der Waals surface area contributed by atoms with E-state index in [4.69, 9.17) is 23.7 Å². The molecule has 2 atom stereocenters. The van der Waals surface area contributed by atoms with Gasteiger partial charge in [-0.25, -0.2) is 0 Å². The fourth-order valence-corrected chi connectivity index (χ4v) is 5.16. The maximum absolute atomic E-state index is 11.4.